The number of para-hydroxylation sites is 1. The largest absolute Gasteiger partial charge is 0.497 e. The van der Waals surface area contributed by atoms with Crippen LogP contribution in [-0.2, 0) is 17.8 Å². The van der Waals surface area contributed by atoms with Gasteiger partial charge in [0.05, 0.1) is 19.4 Å². The molecule has 10 heteroatoms. The number of amides is 2. The quantitative estimate of drug-likeness (QED) is 0.307. The molecule has 0 bridgehead atoms. The number of hydrogen-bond acceptors (Lipinski definition) is 6. The third-order valence-electron chi connectivity index (χ3n) is 6.04. The van der Waals surface area contributed by atoms with Gasteiger partial charge in [0.15, 0.2) is 11.0 Å². The second-order valence-electron chi connectivity index (χ2n) is 8.34. The molecule has 0 spiro atoms. The van der Waals surface area contributed by atoms with Gasteiger partial charge in [0.2, 0.25) is 5.91 Å². The predicted octanol–water partition coefficient (Wildman–Crippen LogP) is 4.65. The highest BCUT2D eigenvalue weighted by molar-refractivity contribution is 9.10. The Morgan fingerprint density at radius 2 is 1.86 bits per heavy atom. The summed E-state index contributed by atoms with van der Waals surface area (Å²) in [7, 11) is 1.56. The van der Waals surface area contributed by atoms with Gasteiger partial charge in [-0.3, -0.25) is 14.2 Å². The minimum atomic E-state index is -0.249. The molecular formula is C27H24BrN5O3S. The molecular weight excluding hydrogens is 554 g/mol. The van der Waals surface area contributed by atoms with Crippen molar-refractivity contribution < 1.29 is 14.3 Å². The maximum absolute atomic E-state index is 13.1. The second kappa shape index (κ2) is 11.2. The van der Waals surface area contributed by atoms with Gasteiger partial charge in [-0.25, -0.2) is 0 Å². The molecule has 0 saturated carbocycles. The molecule has 1 aliphatic rings. The van der Waals surface area contributed by atoms with Crippen molar-refractivity contribution in [1.29, 1.82) is 0 Å². The first kappa shape index (κ1) is 25.0. The zero-order valence-corrected chi connectivity index (χ0v) is 22.5. The topological polar surface area (TPSA) is 89.3 Å². The first-order chi connectivity index (χ1) is 18.0. The van der Waals surface area contributed by atoms with Gasteiger partial charge < -0.3 is 15.0 Å². The molecule has 0 saturated heterocycles. The molecule has 3 aromatic carbocycles. The number of halogens is 1. The molecule has 1 aliphatic heterocycles. The molecule has 188 valence electrons. The van der Waals surface area contributed by atoms with Crippen LogP contribution in [0.1, 0.15) is 21.7 Å². The first-order valence-electron chi connectivity index (χ1n) is 11.7. The van der Waals surface area contributed by atoms with Crippen LogP contribution < -0.4 is 15.0 Å². The van der Waals surface area contributed by atoms with E-state index in [0.29, 0.717) is 28.8 Å². The Hall–Kier alpha value is -3.63. The average Bonchev–Trinajstić information content (AvgIpc) is 3.55. The lowest BCUT2D eigenvalue weighted by molar-refractivity contribution is -0.116. The lowest BCUT2D eigenvalue weighted by Crippen LogP contribution is -2.30. The molecule has 37 heavy (non-hydrogen) atoms. The number of fused-ring (bicyclic) bond motifs is 1. The van der Waals surface area contributed by atoms with Gasteiger partial charge in [0, 0.05) is 28.0 Å². The molecule has 5 rings (SSSR count). The van der Waals surface area contributed by atoms with Crippen molar-refractivity contribution in [2.24, 2.45) is 0 Å². The molecule has 4 aromatic rings. The molecule has 0 radical (unpaired) electrons. The highest BCUT2D eigenvalue weighted by Gasteiger charge is 2.25. The summed E-state index contributed by atoms with van der Waals surface area (Å²) in [5.74, 6) is 1.16. The first-order valence-corrected chi connectivity index (χ1v) is 13.4. The van der Waals surface area contributed by atoms with Gasteiger partial charge in [-0.15, -0.1) is 10.2 Å². The maximum atomic E-state index is 13.1. The molecule has 0 atom stereocenters. The van der Waals surface area contributed by atoms with Gasteiger partial charge in [0.1, 0.15) is 5.75 Å². The number of hydrogen-bond donors (Lipinski definition) is 1. The van der Waals surface area contributed by atoms with E-state index in [9.17, 15) is 9.59 Å². The number of thioether (sulfide) groups is 1. The van der Waals surface area contributed by atoms with Crippen LogP contribution in [0.4, 0.5) is 5.69 Å². The predicted molar refractivity (Wildman–Crippen MR) is 146 cm³/mol. The van der Waals surface area contributed by atoms with Crippen molar-refractivity contribution in [2.45, 2.75) is 18.1 Å². The summed E-state index contributed by atoms with van der Waals surface area (Å²) in [4.78, 5) is 27.7. The number of aromatic nitrogens is 3. The third-order valence-corrected chi connectivity index (χ3v) is 7.48. The van der Waals surface area contributed by atoms with Crippen molar-refractivity contribution >= 4 is 45.2 Å². The molecule has 1 aromatic heterocycles. The van der Waals surface area contributed by atoms with E-state index in [1.165, 1.54) is 17.3 Å². The Balaban J connectivity index is 1.34. The van der Waals surface area contributed by atoms with E-state index in [1.807, 2.05) is 51.9 Å². The zero-order chi connectivity index (χ0) is 25.8. The molecule has 8 nitrogen and oxygen atoms in total. The Kier molecular flexibility index (Phi) is 7.57. The molecule has 0 unspecified atom stereocenters. The highest BCUT2D eigenvalue weighted by Crippen LogP contribution is 2.29. The molecule has 0 aliphatic carbocycles. The van der Waals surface area contributed by atoms with Crippen LogP contribution in [0.15, 0.2) is 82.4 Å². The van der Waals surface area contributed by atoms with Gasteiger partial charge in [-0.2, -0.15) is 0 Å². The Labute approximate surface area is 227 Å². The van der Waals surface area contributed by atoms with E-state index >= 15 is 0 Å². The summed E-state index contributed by atoms with van der Waals surface area (Å²) in [6.45, 7) is 0.840. The van der Waals surface area contributed by atoms with Gasteiger partial charge >= 0.3 is 0 Å². The van der Waals surface area contributed by atoms with Crippen molar-refractivity contribution in [1.82, 2.24) is 20.1 Å². The SMILES string of the molecule is COc1cccc(C(=O)NCc2nnc(SCC(=O)N3CCc4ccccc43)n2-c2ccc(Br)cc2)c1. The number of nitrogens with zero attached hydrogens (tertiary/aromatic N) is 4. The Morgan fingerprint density at radius 1 is 1.05 bits per heavy atom. The Bertz CT molecular complexity index is 1440. The number of carbonyl (C=O) groups excluding carboxylic acids is 2. The monoisotopic (exact) mass is 577 g/mol. The van der Waals surface area contributed by atoms with Crippen LogP contribution in [-0.4, -0.2) is 46.0 Å². The van der Waals surface area contributed by atoms with Gasteiger partial charge in [-0.05, 0) is 60.5 Å². The van der Waals surface area contributed by atoms with Crippen LogP contribution in [0.2, 0.25) is 0 Å². The van der Waals surface area contributed by atoms with Crippen LogP contribution in [0.25, 0.3) is 5.69 Å². The van der Waals surface area contributed by atoms with Crippen molar-refractivity contribution in [3.8, 4) is 11.4 Å². The fraction of sp³-hybridized carbons (Fsp3) is 0.185. The number of nitrogens with one attached hydrogen (secondary N) is 1. The van der Waals surface area contributed by atoms with E-state index in [-0.39, 0.29) is 24.1 Å². The number of benzene rings is 3. The van der Waals surface area contributed by atoms with E-state index < -0.39 is 0 Å². The standard InChI is InChI=1S/C27H24BrN5O3S/c1-36-22-7-4-6-19(15-22)26(35)29-16-24-30-31-27(33(24)21-11-9-20(28)10-12-21)37-17-25(34)32-14-13-18-5-2-3-8-23(18)32/h2-12,15H,13-14,16-17H2,1H3,(H,29,35). The van der Waals surface area contributed by atoms with E-state index in [0.717, 1.165) is 22.3 Å². The minimum absolute atomic E-state index is 0.0215. The summed E-state index contributed by atoms with van der Waals surface area (Å²) in [6.07, 6.45) is 0.860. The second-order valence-corrected chi connectivity index (χ2v) is 10.2. The van der Waals surface area contributed by atoms with E-state index in [1.54, 1.807) is 31.4 Å². The number of ether oxygens (including phenoxy) is 1. The Morgan fingerprint density at radius 3 is 2.68 bits per heavy atom. The lowest BCUT2D eigenvalue weighted by atomic mass is 10.2. The zero-order valence-electron chi connectivity index (χ0n) is 20.1. The summed E-state index contributed by atoms with van der Waals surface area (Å²) < 4.78 is 8.02. The van der Waals surface area contributed by atoms with Crippen LogP contribution >= 0.6 is 27.7 Å². The molecule has 0 fully saturated rings. The van der Waals surface area contributed by atoms with Gasteiger partial charge in [-0.1, -0.05) is 52.0 Å². The highest BCUT2D eigenvalue weighted by atomic mass is 79.9. The fourth-order valence-electron chi connectivity index (χ4n) is 4.19. The van der Waals surface area contributed by atoms with Gasteiger partial charge in [0.25, 0.3) is 5.91 Å². The maximum Gasteiger partial charge on any atom is 0.251 e. The molecule has 1 N–H and O–H groups in total. The number of methoxy groups -OCH3 is 1. The summed E-state index contributed by atoms with van der Waals surface area (Å²) in [5.41, 5.74) is 3.48. The molecule has 2 heterocycles. The third kappa shape index (κ3) is 5.55. The van der Waals surface area contributed by atoms with Crippen molar-refractivity contribution in [3.63, 3.8) is 0 Å². The minimum Gasteiger partial charge on any atom is -0.497 e. The van der Waals surface area contributed by atoms with Crippen molar-refractivity contribution in [2.75, 3.05) is 24.3 Å². The fourth-order valence-corrected chi connectivity index (χ4v) is 5.30. The summed E-state index contributed by atoms with van der Waals surface area (Å²) >= 11 is 4.80. The number of carbonyl (C=O) groups is 2. The van der Waals surface area contributed by atoms with Crippen LogP contribution in [0.5, 0.6) is 5.75 Å². The van der Waals surface area contributed by atoms with Crippen LogP contribution in [0.3, 0.4) is 0 Å². The molecule has 2 amide bonds. The number of anilines is 1. The van der Waals surface area contributed by atoms with E-state index in [4.69, 9.17) is 4.74 Å². The average molecular weight is 578 g/mol. The van der Waals surface area contributed by atoms with Crippen molar-refractivity contribution in [3.05, 3.63) is 94.2 Å². The summed E-state index contributed by atoms with van der Waals surface area (Å²) in [6, 6.07) is 22.7. The van der Waals surface area contributed by atoms with E-state index in [2.05, 4.69) is 37.5 Å². The van der Waals surface area contributed by atoms with Crippen LogP contribution in [0, 0.1) is 0 Å². The number of rotatable bonds is 8. The summed E-state index contributed by atoms with van der Waals surface area (Å²) in [5, 5.41) is 12.2. The smallest absolute Gasteiger partial charge is 0.251 e. The lowest BCUT2D eigenvalue weighted by Gasteiger charge is -2.17. The normalized spacial score (nSPS) is 12.3.